The first-order valence-electron chi connectivity index (χ1n) is 5.36. The number of nitrogens with zero attached hydrogens (tertiary/aromatic N) is 4. The molecule has 0 aliphatic rings. The van der Waals surface area contributed by atoms with E-state index in [1.54, 1.807) is 19.3 Å². The van der Waals surface area contributed by atoms with Gasteiger partial charge in [0.05, 0.1) is 16.7 Å². The lowest BCUT2D eigenvalue weighted by Gasteiger charge is -2.03. The molecule has 2 heterocycles. The van der Waals surface area contributed by atoms with Gasteiger partial charge in [-0.2, -0.15) is 0 Å². The van der Waals surface area contributed by atoms with E-state index in [1.165, 1.54) is 0 Å². The summed E-state index contributed by atoms with van der Waals surface area (Å²) in [6.45, 7) is 7.71. The summed E-state index contributed by atoms with van der Waals surface area (Å²) in [4.78, 5) is 8.66. The lowest BCUT2D eigenvalue weighted by atomic mass is 10.1. The highest BCUT2D eigenvalue weighted by Gasteiger charge is 2.12. The summed E-state index contributed by atoms with van der Waals surface area (Å²) in [5, 5.41) is 0. The van der Waals surface area contributed by atoms with Gasteiger partial charge in [-0.15, -0.1) is 0 Å². The monoisotopic (exact) mass is 228 g/mol. The molecule has 0 atom stereocenters. The molecule has 4 heteroatoms. The van der Waals surface area contributed by atoms with Crippen LogP contribution in [0.1, 0.15) is 5.69 Å². The van der Waals surface area contributed by atoms with Crippen LogP contribution in [0.3, 0.4) is 0 Å². The van der Waals surface area contributed by atoms with Crippen LogP contribution >= 0.6 is 0 Å². The normalized spacial score (nSPS) is 12.1. The zero-order chi connectivity index (χ0) is 12.6. The minimum atomic E-state index is 0.819. The van der Waals surface area contributed by atoms with E-state index in [4.69, 9.17) is 0 Å². The van der Waals surface area contributed by atoms with Crippen LogP contribution in [0.25, 0.3) is 16.6 Å². The van der Waals surface area contributed by atoms with Crippen LogP contribution < -0.4 is 5.62 Å². The maximum absolute atomic E-state index is 4.38. The van der Waals surface area contributed by atoms with Gasteiger partial charge in [-0.25, -0.2) is 0 Å². The Morgan fingerprint density at radius 3 is 2.71 bits per heavy atom. The van der Waals surface area contributed by atoms with E-state index in [2.05, 4.69) is 23.1 Å². The molecule has 0 spiro atoms. The zero-order valence-electron chi connectivity index (χ0n) is 10.4. The molecular formula is C13H16N4. The third kappa shape index (κ3) is 1.53. The van der Waals surface area contributed by atoms with Crippen molar-refractivity contribution in [2.45, 2.75) is 0 Å². The van der Waals surface area contributed by atoms with E-state index < -0.39 is 0 Å². The molecule has 0 aliphatic heterocycles. The minimum absolute atomic E-state index is 0.819. The Hall–Kier alpha value is -2.10. The van der Waals surface area contributed by atoms with E-state index in [-0.39, 0.29) is 0 Å². The molecule has 2 aromatic rings. The van der Waals surface area contributed by atoms with Crippen molar-refractivity contribution < 1.29 is 0 Å². The van der Waals surface area contributed by atoms with Crippen molar-refractivity contribution in [1.29, 1.82) is 0 Å². The Labute approximate surface area is 100 Å². The van der Waals surface area contributed by atoms with E-state index in [0.29, 0.717) is 0 Å². The topological polar surface area (TPSA) is 35.1 Å². The van der Waals surface area contributed by atoms with E-state index in [1.807, 2.05) is 29.3 Å². The van der Waals surface area contributed by atoms with Crippen LogP contribution in [-0.2, 0) is 14.1 Å². The molecule has 88 valence electrons. The molecule has 2 aromatic heterocycles. The van der Waals surface area contributed by atoms with Crippen molar-refractivity contribution in [2.24, 2.45) is 19.1 Å². The maximum Gasteiger partial charge on any atom is 0.205 e. The van der Waals surface area contributed by atoms with Crippen LogP contribution in [-0.4, -0.2) is 21.2 Å². The summed E-state index contributed by atoms with van der Waals surface area (Å²) in [5.41, 5.74) is 4.68. The van der Waals surface area contributed by atoms with E-state index in [0.717, 1.165) is 27.9 Å². The number of fused-ring (bicyclic) bond motifs is 1. The third-order valence-corrected chi connectivity index (χ3v) is 2.95. The standard InChI is InChI=1S/C13H16N4/c1-6-9(2)11-12-10(7-8-15-11)16(4)13(14-3)17(12)5/h6-8H,1-2H2,3-5H3. The average molecular weight is 228 g/mol. The number of aromatic nitrogens is 3. The van der Waals surface area contributed by atoms with Crippen molar-refractivity contribution >= 4 is 16.6 Å². The largest absolute Gasteiger partial charge is 0.313 e. The molecule has 2 rings (SSSR count). The van der Waals surface area contributed by atoms with Crippen LogP contribution in [0.4, 0.5) is 0 Å². The van der Waals surface area contributed by atoms with Gasteiger partial charge in [-0.1, -0.05) is 19.2 Å². The fourth-order valence-corrected chi connectivity index (χ4v) is 2.11. The fourth-order valence-electron chi connectivity index (χ4n) is 2.11. The number of allylic oxidation sites excluding steroid dienone is 2. The minimum Gasteiger partial charge on any atom is -0.313 e. The molecule has 0 N–H and O–H groups in total. The summed E-state index contributed by atoms with van der Waals surface area (Å²) in [6.07, 6.45) is 3.50. The Bertz CT molecular complexity index is 671. The molecule has 0 fully saturated rings. The van der Waals surface area contributed by atoms with Crippen molar-refractivity contribution in [3.8, 4) is 0 Å². The molecule has 17 heavy (non-hydrogen) atoms. The predicted molar refractivity (Wildman–Crippen MR) is 70.4 cm³/mol. The zero-order valence-corrected chi connectivity index (χ0v) is 10.4. The van der Waals surface area contributed by atoms with Gasteiger partial charge in [-0.05, 0) is 11.6 Å². The molecule has 4 nitrogen and oxygen atoms in total. The number of hydrogen-bond donors (Lipinski definition) is 0. The van der Waals surface area contributed by atoms with Crippen LogP contribution in [0.5, 0.6) is 0 Å². The highest BCUT2D eigenvalue weighted by atomic mass is 15.2. The van der Waals surface area contributed by atoms with Crippen molar-refractivity contribution in [3.63, 3.8) is 0 Å². The molecule has 0 radical (unpaired) electrons. The molecular weight excluding hydrogens is 212 g/mol. The first kappa shape index (κ1) is 11.4. The highest BCUT2D eigenvalue weighted by molar-refractivity contribution is 5.89. The van der Waals surface area contributed by atoms with Gasteiger partial charge < -0.3 is 9.13 Å². The quantitative estimate of drug-likeness (QED) is 0.720. The fraction of sp³-hybridized carbons (Fsp3) is 0.231. The van der Waals surface area contributed by atoms with Gasteiger partial charge in [0.15, 0.2) is 0 Å². The van der Waals surface area contributed by atoms with Gasteiger partial charge in [-0.3, -0.25) is 9.98 Å². The SMILES string of the molecule is C=CC(=C)c1nccc2c1n(C)c(=NC)n2C. The highest BCUT2D eigenvalue weighted by Crippen LogP contribution is 2.20. The predicted octanol–water partition coefficient (Wildman–Crippen LogP) is 1.64. The molecule has 0 unspecified atom stereocenters. The van der Waals surface area contributed by atoms with Gasteiger partial charge >= 0.3 is 0 Å². The number of pyridine rings is 1. The Kier molecular flexibility index (Phi) is 2.71. The number of rotatable bonds is 2. The first-order chi connectivity index (χ1) is 8.11. The van der Waals surface area contributed by atoms with Crippen molar-refractivity contribution in [1.82, 2.24) is 14.1 Å². The molecule has 0 saturated carbocycles. The van der Waals surface area contributed by atoms with Crippen molar-refractivity contribution in [2.75, 3.05) is 7.05 Å². The van der Waals surface area contributed by atoms with E-state index in [9.17, 15) is 0 Å². The van der Waals surface area contributed by atoms with Gasteiger partial charge in [0, 0.05) is 27.3 Å². The summed E-state index contributed by atoms with van der Waals surface area (Å²) in [5.74, 6) is 0. The van der Waals surface area contributed by atoms with Gasteiger partial charge in [0.25, 0.3) is 0 Å². The third-order valence-electron chi connectivity index (χ3n) is 2.95. The maximum atomic E-state index is 4.38. The average Bonchev–Trinajstić information content (AvgIpc) is 2.60. The Balaban J connectivity index is 3.00. The lowest BCUT2D eigenvalue weighted by Crippen LogP contribution is -2.21. The number of imidazole rings is 1. The lowest BCUT2D eigenvalue weighted by molar-refractivity contribution is 0.755. The summed E-state index contributed by atoms with van der Waals surface area (Å²) < 4.78 is 4.06. The van der Waals surface area contributed by atoms with Crippen LogP contribution in [0.15, 0.2) is 36.5 Å². The van der Waals surface area contributed by atoms with E-state index >= 15 is 0 Å². The molecule has 0 bridgehead atoms. The molecule has 0 aliphatic carbocycles. The first-order valence-corrected chi connectivity index (χ1v) is 5.36. The van der Waals surface area contributed by atoms with Gasteiger partial charge in [0.1, 0.15) is 0 Å². The molecule has 0 aromatic carbocycles. The second-order valence-electron chi connectivity index (χ2n) is 3.90. The number of aryl methyl sites for hydroxylation is 2. The second kappa shape index (κ2) is 4.05. The molecule has 0 saturated heterocycles. The number of hydrogen-bond acceptors (Lipinski definition) is 2. The van der Waals surface area contributed by atoms with Gasteiger partial charge in [0.2, 0.25) is 5.62 Å². The van der Waals surface area contributed by atoms with Crippen LogP contribution in [0, 0.1) is 0 Å². The smallest absolute Gasteiger partial charge is 0.205 e. The molecule has 0 amide bonds. The Morgan fingerprint density at radius 1 is 1.41 bits per heavy atom. The van der Waals surface area contributed by atoms with Crippen molar-refractivity contribution in [3.05, 3.63) is 42.8 Å². The summed E-state index contributed by atoms with van der Waals surface area (Å²) in [7, 11) is 5.75. The Morgan fingerprint density at radius 2 is 2.12 bits per heavy atom. The summed E-state index contributed by atoms with van der Waals surface area (Å²) >= 11 is 0. The summed E-state index contributed by atoms with van der Waals surface area (Å²) in [6, 6.07) is 1.98. The van der Waals surface area contributed by atoms with Crippen LogP contribution in [0.2, 0.25) is 0 Å². The second-order valence-corrected chi connectivity index (χ2v) is 3.90.